The number of carbonyl (C=O) groups is 1. The van der Waals surface area contributed by atoms with Crippen molar-refractivity contribution in [1.82, 2.24) is 0 Å². The molecule has 0 unspecified atom stereocenters. The number of nitrogens with zero attached hydrogens (tertiary/aromatic N) is 2. The maximum absolute atomic E-state index is 11.3. The molecule has 0 saturated carbocycles. The Morgan fingerprint density at radius 3 is 2.90 bits per heavy atom. The average Bonchev–Trinajstić information content (AvgIpc) is 2.41. The van der Waals surface area contributed by atoms with E-state index in [0.717, 1.165) is 24.4 Å². The van der Waals surface area contributed by atoms with Crippen LogP contribution in [0.15, 0.2) is 30.0 Å². The number of hydrogen-bond acceptors (Lipinski definition) is 7. The number of nitrogens with one attached hydrogen (secondary N) is 1. The first kappa shape index (κ1) is 15.0. The van der Waals surface area contributed by atoms with E-state index in [1.807, 2.05) is 0 Å². The molecule has 0 aromatic heterocycles. The van der Waals surface area contributed by atoms with Crippen LogP contribution >= 0.6 is 0 Å². The Morgan fingerprint density at radius 2 is 2.35 bits per heavy atom. The van der Waals surface area contributed by atoms with Gasteiger partial charge >= 0.3 is 5.97 Å². The van der Waals surface area contributed by atoms with Crippen LogP contribution < -0.4 is 5.32 Å². The van der Waals surface area contributed by atoms with Gasteiger partial charge in [0.15, 0.2) is 5.57 Å². The van der Waals surface area contributed by atoms with Crippen LogP contribution in [0.3, 0.4) is 0 Å². The Bertz CT molecular complexity index is 604. The van der Waals surface area contributed by atoms with E-state index in [2.05, 4.69) is 10.1 Å². The van der Waals surface area contributed by atoms with Crippen molar-refractivity contribution in [2.45, 2.75) is 6.92 Å². The maximum Gasteiger partial charge on any atom is 0.350 e. The fourth-order valence-electron chi connectivity index (χ4n) is 1.25. The molecule has 0 fully saturated rings. The number of anilines is 1. The van der Waals surface area contributed by atoms with Crippen LogP contribution in [0.25, 0.3) is 0 Å². The Morgan fingerprint density at radius 1 is 1.65 bits per heavy atom. The van der Waals surface area contributed by atoms with E-state index in [-0.39, 0.29) is 29.3 Å². The summed E-state index contributed by atoms with van der Waals surface area (Å²) in [5.41, 5.74) is -0.567. The van der Waals surface area contributed by atoms with Crippen molar-refractivity contribution < 1.29 is 19.6 Å². The number of non-ortho nitro benzene ring substituents is 1. The second-order valence-corrected chi connectivity index (χ2v) is 3.49. The molecule has 0 bridgehead atoms. The van der Waals surface area contributed by atoms with E-state index >= 15 is 0 Å². The van der Waals surface area contributed by atoms with Crippen molar-refractivity contribution in [3.63, 3.8) is 0 Å². The van der Waals surface area contributed by atoms with Crippen molar-refractivity contribution in [2.24, 2.45) is 0 Å². The Labute approximate surface area is 114 Å². The van der Waals surface area contributed by atoms with E-state index < -0.39 is 10.9 Å². The first-order valence-corrected chi connectivity index (χ1v) is 5.51. The van der Waals surface area contributed by atoms with Gasteiger partial charge in [-0.1, -0.05) is 0 Å². The van der Waals surface area contributed by atoms with Gasteiger partial charge in [-0.05, 0) is 13.0 Å². The van der Waals surface area contributed by atoms with Crippen molar-refractivity contribution in [2.75, 3.05) is 11.9 Å². The number of benzene rings is 1. The van der Waals surface area contributed by atoms with Crippen LogP contribution in [0.4, 0.5) is 11.4 Å². The number of nitro benzene ring substituents is 1. The Hall–Kier alpha value is -3.08. The van der Waals surface area contributed by atoms with Gasteiger partial charge < -0.3 is 15.2 Å². The molecule has 0 aliphatic heterocycles. The summed E-state index contributed by atoms with van der Waals surface area (Å²) >= 11 is 0. The molecule has 0 spiro atoms. The van der Waals surface area contributed by atoms with E-state index in [0.29, 0.717) is 0 Å². The lowest BCUT2D eigenvalue weighted by Crippen LogP contribution is -2.08. The first-order chi connectivity index (χ1) is 9.49. The third kappa shape index (κ3) is 3.71. The number of rotatable bonds is 5. The molecule has 2 N–H and O–H groups in total. The first-order valence-electron chi connectivity index (χ1n) is 5.51. The molecule has 1 aromatic rings. The van der Waals surface area contributed by atoms with Crippen molar-refractivity contribution in [3.8, 4) is 11.8 Å². The highest BCUT2D eigenvalue weighted by atomic mass is 16.6. The minimum absolute atomic E-state index is 0.00347. The predicted octanol–water partition coefficient (Wildman–Crippen LogP) is 1.68. The Balaban J connectivity index is 2.98. The lowest BCUT2D eigenvalue weighted by atomic mass is 10.2. The molecule has 1 rings (SSSR count). The highest BCUT2D eigenvalue weighted by molar-refractivity contribution is 5.93. The molecule has 1 aromatic carbocycles. The van der Waals surface area contributed by atoms with Crippen molar-refractivity contribution in [3.05, 3.63) is 40.1 Å². The summed E-state index contributed by atoms with van der Waals surface area (Å²) in [6, 6.07) is 4.95. The standard InChI is InChI=1S/C12H11N3O5/c1-2-20-12(17)8(6-13)7-14-10-5-9(15(18)19)3-4-11(10)16/h3-5,7,14,16H,2H2,1H3/b8-7-. The van der Waals surface area contributed by atoms with Gasteiger partial charge in [0.1, 0.15) is 11.8 Å². The molecule has 104 valence electrons. The van der Waals surface area contributed by atoms with Crippen LogP contribution in [0.2, 0.25) is 0 Å². The maximum atomic E-state index is 11.3. The number of phenols is 1. The van der Waals surface area contributed by atoms with Gasteiger partial charge in [0.25, 0.3) is 5.69 Å². The lowest BCUT2D eigenvalue weighted by Gasteiger charge is -2.05. The highest BCUT2D eigenvalue weighted by Gasteiger charge is 2.12. The van der Waals surface area contributed by atoms with E-state index in [4.69, 9.17) is 5.26 Å². The van der Waals surface area contributed by atoms with Gasteiger partial charge in [0.05, 0.1) is 17.2 Å². The number of nitriles is 1. The minimum Gasteiger partial charge on any atom is -0.506 e. The normalized spacial score (nSPS) is 10.5. The van der Waals surface area contributed by atoms with Crippen molar-refractivity contribution >= 4 is 17.3 Å². The summed E-state index contributed by atoms with van der Waals surface area (Å²) in [6.07, 6.45) is 1.01. The molecule has 0 heterocycles. The van der Waals surface area contributed by atoms with Crippen molar-refractivity contribution in [1.29, 1.82) is 5.26 Å². The number of aromatic hydroxyl groups is 1. The molecular weight excluding hydrogens is 266 g/mol. The number of carbonyl (C=O) groups excluding carboxylic acids is 1. The zero-order valence-electron chi connectivity index (χ0n) is 10.5. The van der Waals surface area contributed by atoms with Crippen LogP contribution in [0, 0.1) is 21.4 Å². The molecule has 0 saturated heterocycles. The lowest BCUT2D eigenvalue weighted by molar-refractivity contribution is -0.384. The number of esters is 1. The smallest absolute Gasteiger partial charge is 0.350 e. The molecule has 8 heteroatoms. The molecule has 0 atom stereocenters. The molecule has 0 aliphatic rings. The SMILES string of the molecule is CCOC(=O)/C(C#N)=C\Nc1cc([N+](=O)[O-])ccc1O. The molecule has 8 nitrogen and oxygen atoms in total. The van der Waals surface area contributed by atoms with Gasteiger partial charge in [-0.2, -0.15) is 5.26 Å². The zero-order chi connectivity index (χ0) is 15.1. The second-order valence-electron chi connectivity index (χ2n) is 3.49. The summed E-state index contributed by atoms with van der Waals surface area (Å²) in [5, 5.41) is 31.4. The Kier molecular flexibility index (Phi) is 5.05. The minimum atomic E-state index is -0.826. The van der Waals surface area contributed by atoms with Gasteiger partial charge in [-0.25, -0.2) is 4.79 Å². The topological polar surface area (TPSA) is 125 Å². The summed E-state index contributed by atoms with van der Waals surface area (Å²) in [6.45, 7) is 1.70. The molecule has 20 heavy (non-hydrogen) atoms. The third-order valence-electron chi connectivity index (χ3n) is 2.18. The average molecular weight is 277 g/mol. The summed E-state index contributed by atoms with van der Waals surface area (Å²) in [7, 11) is 0. The zero-order valence-corrected chi connectivity index (χ0v) is 10.5. The van der Waals surface area contributed by atoms with Crippen LogP contribution in [0.5, 0.6) is 5.75 Å². The third-order valence-corrected chi connectivity index (χ3v) is 2.18. The van der Waals surface area contributed by atoms with Gasteiger partial charge in [-0.3, -0.25) is 10.1 Å². The fraction of sp³-hybridized carbons (Fsp3) is 0.167. The highest BCUT2D eigenvalue weighted by Crippen LogP contribution is 2.27. The summed E-state index contributed by atoms with van der Waals surface area (Å²) in [4.78, 5) is 21.3. The molecule has 0 aliphatic carbocycles. The quantitative estimate of drug-likeness (QED) is 0.209. The molecular formula is C12H11N3O5. The van der Waals surface area contributed by atoms with Crippen LogP contribution in [0.1, 0.15) is 6.92 Å². The number of hydrogen-bond donors (Lipinski definition) is 2. The number of ether oxygens (including phenoxy) is 1. The van der Waals surface area contributed by atoms with E-state index in [9.17, 15) is 20.0 Å². The van der Waals surface area contributed by atoms with Gasteiger partial charge in [0.2, 0.25) is 0 Å². The number of phenolic OH excluding ortho intramolecular Hbond substituents is 1. The number of nitro groups is 1. The van der Waals surface area contributed by atoms with Gasteiger partial charge in [0, 0.05) is 18.3 Å². The largest absolute Gasteiger partial charge is 0.506 e. The molecule has 0 radical (unpaired) electrons. The van der Waals surface area contributed by atoms with Crippen LogP contribution in [-0.2, 0) is 9.53 Å². The monoisotopic (exact) mass is 277 g/mol. The summed E-state index contributed by atoms with van der Waals surface area (Å²) < 4.78 is 4.64. The van der Waals surface area contributed by atoms with E-state index in [1.165, 1.54) is 0 Å². The van der Waals surface area contributed by atoms with Crippen LogP contribution in [-0.4, -0.2) is 22.6 Å². The van der Waals surface area contributed by atoms with E-state index in [1.54, 1.807) is 13.0 Å². The molecule has 0 amide bonds. The van der Waals surface area contributed by atoms with Gasteiger partial charge in [-0.15, -0.1) is 0 Å². The second kappa shape index (κ2) is 6.75. The fourth-order valence-corrected chi connectivity index (χ4v) is 1.25. The predicted molar refractivity (Wildman–Crippen MR) is 68.7 cm³/mol. The summed E-state index contributed by atoms with van der Waals surface area (Å²) in [5.74, 6) is -1.08.